The van der Waals surface area contributed by atoms with E-state index in [4.69, 9.17) is 9.47 Å². The number of carbonyl (C=O) groups is 2. The highest BCUT2D eigenvalue weighted by atomic mass is 19.1. The van der Waals surface area contributed by atoms with E-state index in [0.717, 1.165) is 0 Å². The van der Waals surface area contributed by atoms with Crippen LogP contribution in [0.4, 0.5) is 9.18 Å². The summed E-state index contributed by atoms with van der Waals surface area (Å²) in [5.74, 6) is -0.452. The van der Waals surface area contributed by atoms with Gasteiger partial charge in [-0.15, -0.1) is 0 Å². The monoisotopic (exact) mass is 324 g/mol. The van der Waals surface area contributed by atoms with Crippen molar-refractivity contribution in [3.63, 3.8) is 0 Å². The second-order valence-corrected chi connectivity index (χ2v) is 5.18. The predicted molar refractivity (Wildman–Crippen MR) is 82.1 cm³/mol. The van der Waals surface area contributed by atoms with Gasteiger partial charge in [0.1, 0.15) is 11.6 Å². The summed E-state index contributed by atoms with van der Waals surface area (Å²) in [6, 6.07) is 3.86. The van der Waals surface area contributed by atoms with Gasteiger partial charge in [-0.3, -0.25) is 4.79 Å². The quantitative estimate of drug-likeness (QED) is 0.855. The number of methoxy groups -OCH3 is 1. The van der Waals surface area contributed by atoms with Crippen LogP contribution in [-0.4, -0.2) is 61.7 Å². The third-order valence-corrected chi connectivity index (χ3v) is 3.70. The molecular formula is C16H21FN2O4. The molecule has 2 amide bonds. The highest BCUT2D eigenvalue weighted by Crippen LogP contribution is 2.22. The van der Waals surface area contributed by atoms with E-state index < -0.39 is 5.82 Å². The van der Waals surface area contributed by atoms with Crippen LogP contribution in [-0.2, 0) is 4.74 Å². The molecule has 6 nitrogen and oxygen atoms in total. The van der Waals surface area contributed by atoms with Crippen molar-refractivity contribution >= 4 is 12.0 Å². The molecule has 1 fully saturated rings. The first-order valence-electron chi connectivity index (χ1n) is 7.61. The molecule has 1 aromatic carbocycles. The average Bonchev–Trinajstić information content (AvgIpc) is 2.80. The van der Waals surface area contributed by atoms with Crippen LogP contribution in [0.1, 0.15) is 23.7 Å². The highest BCUT2D eigenvalue weighted by molar-refractivity contribution is 5.97. The Morgan fingerprint density at radius 3 is 2.57 bits per heavy atom. The Labute approximate surface area is 134 Å². The van der Waals surface area contributed by atoms with Crippen LogP contribution in [0.3, 0.4) is 0 Å². The molecule has 1 aromatic rings. The first kappa shape index (κ1) is 17.1. The summed E-state index contributed by atoms with van der Waals surface area (Å²) >= 11 is 0. The minimum atomic E-state index is -0.489. The fourth-order valence-electron chi connectivity index (χ4n) is 2.54. The largest absolute Gasteiger partial charge is 0.496 e. The van der Waals surface area contributed by atoms with Crippen molar-refractivity contribution in [2.45, 2.75) is 13.3 Å². The Hall–Kier alpha value is -2.31. The van der Waals surface area contributed by atoms with E-state index >= 15 is 0 Å². The number of amides is 2. The molecule has 23 heavy (non-hydrogen) atoms. The first-order valence-corrected chi connectivity index (χ1v) is 7.61. The lowest BCUT2D eigenvalue weighted by atomic mass is 10.1. The van der Waals surface area contributed by atoms with E-state index in [1.54, 1.807) is 16.7 Å². The zero-order valence-corrected chi connectivity index (χ0v) is 13.4. The maximum atomic E-state index is 13.4. The Morgan fingerprint density at radius 2 is 1.87 bits per heavy atom. The van der Waals surface area contributed by atoms with E-state index in [1.165, 1.54) is 25.3 Å². The maximum Gasteiger partial charge on any atom is 0.409 e. The Morgan fingerprint density at radius 1 is 1.17 bits per heavy atom. The van der Waals surface area contributed by atoms with Crippen molar-refractivity contribution in [1.29, 1.82) is 0 Å². The van der Waals surface area contributed by atoms with E-state index in [1.807, 2.05) is 0 Å². The lowest BCUT2D eigenvalue weighted by molar-refractivity contribution is 0.0749. The molecule has 0 aromatic heterocycles. The number of hydrogen-bond acceptors (Lipinski definition) is 4. The molecule has 0 bridgehead atoms. The summed E-state index contributed by atoms with van der Waals surface area (Å²) in [5.41, 5.74) is 0.192. The highest BCUT2D eigenvalue weighted by Gasteiger charge is 2.25. The van der Waals surface area contributed by atoms with Crippen molar-refractivity contribution in [2.75, 3.05) is 39.9 Å². The second-order valence-electron chi connectivity index (χ2n) is 5.18. The normalized spacial score (nSPS) is 15.1. The van der Waals surface area contributed by atoms with Crippen molar-refractivity contribution in [1.82, 2.24) is 9.80 Å². The first-order chi connectivity index (χ1) is 11.1. The summed E-state index contributed by atoms with van der Waals surface area (Å²) < 4.78 is 23.6. The Balaban J connectivity index is 2.09. The molecule has 2 rings (SSSR count). The fraction of sp³-hybridized carbons (Fsp3) is 0.500. The number of halogens is 1. The summed E-state index contributed by atoms with van der Waals surface area (Å²) in [7, 11) is 1.44. The van der Waals surface area contributed by atoms with Crippen molar-refractivity contribution < 1.29 is 23.5 Å². The van der Waals surface area contributed by atoms with Gasteiger partial charge in [0.2, 0.25) is 0 Å². The molecule has 0 unspecified atom stereocenters. The van der Waals surface area contributed by atoms with Gasteiger partial charge in [0.15, 0.2) is 0 Å². The van der Waals surface area contributed by atoms with Gasteiger partial charge in [0.05, 0.1) is 19.3 Å². The fourth-order valence-corrected chi connectivity index (χ4v) is 2.54. The van der Waals surface area contributed by atoms with Crippen LogP contribution in [0.2, 0.25) is 0 Å². The molecule has 1 saturated heterocycles. The van der Waals surface area contributed by atoms with Gasteiger partial charge in [-0.05, 0) is 31.5 Å². The number of benzene rings is 1. The zero-order valence-electron chi connectivity index (χ0n) is 13.4. The number of ether oxygens (including phenoxy) is 2. The van der Waals surface area contributed by atoms with E-state index in [-0.39, 0.29) is 17.6 Å². The van der Waals surface area contributed by atoms with Crippen LogP contribution in [0.5, 0.6) is 5.75 Å². The zero-order chi connectivity index (χ0) is 16.8. The van der Waals surface area contributed by atoms with E-state index in [2.05, 4.69) is 0 Å². The van der Waals surface area contributed by atoms with Gasteiger partial charge in [-0.25, -0.2) is 9.18 Å². The molecule has 0 saturated carbocycles. The third-order valence-electron chi connectivity index (χ3n) is 3.70. The molecule has 0 N–H and O–H groups in total. The SMILES string of the molecule is CCOC(=O)N1CCCN(C(=O)c2cc(F)ccc2OC)CC1. The Kier molecular flexibility index (Phi) is 5.78. The molecule has 1 heterocycles. The van der Waals surface area contributed by atoms with Gasteiger partial charge in [-0.2, -0.15) is 0 Å². The number of nitrogens with zero attached hydrogens (tertiary/aromatic N) is 2. The molecule has 1 aliphatic rings. The molecule has 126 valence electrons. The summed E-state index contributed by atoms with van der Waals surface area (Å²) in [4.78, 5) is 27.6. The molecule has 0 spiro atoms. The lowest BCUT2D eigenvalue weighted by Gasteiger charge is -2.22. The van der Waals surface area contributed by atoms with E-state index in [9.17, 15) is 14.0 Å². The van der Waals surface area contributed by atoms with Crippen molar-refractivity contribution in [3.05, 3.63) is 29.6 Å². The lowest BCUT2D eigenvalue weighted by Crippen LogP contribution is -2.37. The smallest absolute Gasteiger partial charge is 0.409 e. The topological polar surface area (TPSA) is 59.1 Å². The summed E-state index contributed by atoms with van der Waals surface area (Å²) in [5, 5.41) is 0. The van der Waals surface area contributed by atoms with Crippen LogP contribution in [0.25, 0.3) is 0 Å². The van der Waals surface area contributed by atoms with Crippen LogP contribution >= 0.6 is 0 Å². The summed E-state index contributed by atoms with van der Waals surface area (Å²) in [6.45, 7) is 3.86. The van der Waals surface area contributed by atoms with Gasteiger partial charge < -0.3 is 19.3 Å². The van der Waals surface area contributed by atoms with Gasteiger partial charge in [0, 0.05) is 26.2 Å². The van der Waals surface area contributed by atoms with Gasteiger partial charge in [-0.1, -0.05) is 0 Å². The van der Waals surface area contributed by atoms with Crippen LogP contribution < -0.4 is 4.74 Å². The molecule has 1 aliphatic heterocycles. The number of rotatable bonds is 3. The number of hydrogen-bond donors (Lipinski definition) is 0. The molecule has 7 heteroatoms. The standard InChI is InChI=1S/C16H21FN2O4/c1-3-23-16(21)19-8-4-7-18(9-10-19)15(20)13-11-12(17)5-6-14(13)22-2/h5-6,11H,3-4,7-10H2,1-2H3. The molecule has 0 aliphatic carbocycles. The van der Waals surface area contributed by atoms with E-state index in [0.29, 0.717) is 45.0 Å². The maximum absolute atomic E-state index is 13.4. The molecule has 0 atom stereocenters. The average molecular weight is 324 g/mol. The second kappa shape index (κ2) is 7.80. The van der Waals surface area contributed by atoms with Crippen LogP contribution in [0.15, 0.2) is 18.2 Å². The van der Waals surface area contributed by atoms with Gasteiger partial charge in [0.25, 0.3) is 5.91 Å². The Bertz CT molecular complexity index is 579. The molecule has 0 radical (unpaired) electrons. The predicted octanol–water partition coefficient (Wildman–Crippen LogP) is 2.14. The third kappa shape index (κ3) is 4.12. The summed E-state index contributed by atoms with van der Waals surface area (Å²) in [6.07, 6.45) is 0.271. The van der Waals surface area contributed by atoms with Crippen molar-refractivity contribution in [2.24, 2.45) is 0 Å². The number of carbonyl (C=O) groups excluding carboxylic acids is 2. The van der Waals surface area contributed by atoms with Gasteiger partial charge >= 0.3 is 6.09 Å². The minimum absolute atomic E-state index is 0.192. The molecular weight excluding hydrogens is 303 g/mol. The minimum Gasteiger partial charge on any atom is -0.496 e. The van der Waals surface area contributed by atoms with Crippen molar-refractivity contribution in [3.8, 4) is 5.75 Å². The van der Waals surface area contributed by atoms with Crippen LogP contribution in [0, 0.1) is 5.82 Å².